The van der Waals surface area contributed by atoms with Crippen LogP contribution < -0.4 is 5.32 Å². The highest BCUT2D eigenvalue weighted by molar-refractivity contribution is 6.06. The molecule has 1 aliphatic carbocycles. The van der Waals surface area contributed by atoms with E-state index < -0.39 is 5.97 Å². The van der Waals surface area contributed by atoms with E-state index in [2.05, 4.69) is 5.32 Å². The lowest BCUT2D eigenvalue weighted by molar-refractivity contribution is 0.0689. The van der Waals surface area contributed by atoms with Crippen molar-refractivity contribution in [3.8, 4) is 0 Å². The van der Waals surface area contributed by atoms with E-state index in [1.165, 1.54) is 0 Å². The second-order valence-corrected chi connectivity index (χ2v) is 5.35. The third-order valence-electron chi connectivity index (χ3n) is 3.75. The summed E-state index contributed by atoms with van der Waals surface area (Å²) in [6.45, 7) is 5.45. The lowest BCUT2D eigenvalue weighted by Crippen LogP contribution is -2.35. The van der Waals surface area contributed by atoms with Crippen LogP contribution in [0.2, 0.25) is 0 Å². The summed E-state index contributed by atoms with van der Waals surface area (Å²) in [5, 5.41) is 12.2. The number of rotatable bonds is 4. The van der Waals surface area contributed by atoms with Gasteiger partial charge in [-0.25, -0.2) is 4.79 Å². The second-order valence-electron chi connectivity index (χ2n) is 5.35. The van der Waals surface area contributed by atoms with Crippen molar-refractivity contribution >= 4 is 11.9 Å². The van der Waals surface area contributed by atoms with Gasteiger partial charge in [-0.1, -0.05) is 12.1 Å². The van der Waals surface area contributed by atoms with Crippen molar-refractivity contribution in [2.24, 2.45) is 5.92 Å². The van der Waals surface area contributed by atoms with Gasteiger partial charge in [-0.2, -0.15) is 0 Å². The van der Waals surface area contributed by atoms with E-state index in [4.69, 9.17) is 0 Å². The maximum Gasteiger partial charge on any atom is 0.336 e. The molecule has 0 aromatic heterocycles. The highest BCUT2D eigenvalue weighted by Crippen LogP contribution is 2.32. The third-order valence-corrected chi connectivity index (χ3v) is 3.75. The van der Waals surface area contributed by atoms with Crippen molar-refractivity contribution in [2.45, 2.75) is 39.7 Å². The minimum atomic E-state index is -1.05. The lowest BCUT2D eigenvalue weighted by atomic mass is 9.96. The number of carboxylic acids is 1. The third kappa shape index (κ3) is 2.78. The molecule has 2 N–H and O–H groups in total. The number of carbonyl (C=O) groups is 2. The molecule has 4 heteroatoms. The van der Waals surface area contributed by atoms with E-state index >= 15 is 0 Å². The zero-order chi connectivity index (χ0) is 14.2. The van der Waals surface area contributed by atoms with Gasteiger partial charge in [0.2, 0.25) is 0 Å². The maximum atomic E-state index is 12.3. The molecule has 1 amide bonds. The van der Waals surface area contributed by atoms with Crippen molar-refractivity contribution in [3.05, 3.63) is 34.4 Å². The van der Waals surface area contributed by atoms with Crippen LogP contribution in [0, 0.1) is 19.8 Å². The highest BCUT2D eigenvalue weighted by Gasteiger charge is 2.30. The van der Waals surface area contributed by atoms with Crippen molar-refractivity contribution < 1.29 is 14.7 Å². The van der Waals surface area contributed by atoms with Crippen LogP contribution in [-0.4, -0.2) is 23.0 Å². The second kappa shape index (κ2) is 5.03. The summed E-state index contributed by atoms with van der Waals surface area (Å²) >= 11 is 0. The van der Waals surface area contributed by atoms with Crippen LogP contribution in [0.4, 0.5) is 0 Å². The summed E-state index contributed by atoms with van der Waals surface area (Å²) in [5.41, 5.74) is 1.71. The van der Waals surface area contributed by atoms with Crippen molar-refractivity contribution in [1.82, 2.24) is 5.32 Å². The molecule has 1 aromatic rings. The first kappa shape index (κ1) is 13.6. The number of carbonyl (C=O) groups excluding carboxylic acids is 1. The molecule has 1 atom stereocenters. The Hall–Kier alpha value is -1.84. The Balaban J connectivity index is 2.34. The number of amides is 1. The van der Waals surface area contributed by atoms with Crippen LogP contribution >= 0.6 is 0 Å². The van der Waals surface area contributed by atoms with Gasteiger partial charge in [-0.05, 0) is 50.7 Å². The van der Waals surface area contributed by atoms with Crippen LogP contribution in [0.5, 0.6) is 0 Å². The molecule has 0 spiro atoms. The minimum Gasteiger partial charge on any atom is -0.478 e. The fourth-order valence-corrected chi connectivity index (χ4v) is 2.37. The number of aromatic carboxylic acids is 1. The van der Waals surface area contributed by atoms with E-state index in [1.807, 2.05) is 6.92 Å². The molecule has 19 heavy (non-hydrogen) atoms. The van der Waals surface area contributed by atoms with Gasteiger partial charge in [0.1, 0.15) is 0 Å². The summed E-state index contributed by atoms with van der Waals surface area (Å²) < 4.78 is 0. The average Bonchev–Trinajstić information content (AvgIpc) is 3.14. The van der Waals surface area contributed by atoms with Gasteiger partial charge < -0.3 is 10.4 Å². The molecule has 1 saturated carbocycles. The normalized spacial score (nSPS) is 15.9. The van der Waals surface area contributed by atoms with Crippen LogP contribution in [0.15, 0.2) is 12.1 Å². The largest absolute Gasteiger partial charge is 0.478 e. The summed E-state index contributed by atoms with van der Waals surface area (Å²) in [7, 11) is 0. The van der Waals surface area contributed by atoms with Crippen LogP contribution in [-0.2, 0) is 0 Å². The first-order valence-corrected chi connectivity index (χ1v) is 6.56. The van der Waals surface area contributed by atoms with E-state index in [9.17, 15) is 14.7 Å². The number of aryl methyl sites for hydroxylation is 2. The monoisotopic (exact) mass is 261 g/mol. The molecule has 0 aliphatic heterocycles. The van der Waals surface area contributed by atoms with Crippen LogP contribution in [0.1, 0.15) is 51.6 Å². The average molecular weight is 261 g/mol. The molecule has 1 aromatic carbocycles. The predicted molar refractivity (Wildman–Crippen MR) is 72.5 cm³/mol. The number of benzene rings is 1. The minimum absolute atomic E-state index is 0.106. The molecular weight excluding hydrogens is 242 g/mol. The Morgan fingerprint density at radius 3 is 2.21 bits per heavy atom. The Morgan fingerprint density at radius 1 is 1.21 bits per heavy atom. The molecule has 0 bridgehead atoms. The van der Waals surface area contributed by atoms with Gasteiger partial charge in [0.25, 0.3) is 5.91 Å². The highest BCUT2D eigenvalue weighted by atomic mass is 16.4. The first-order chi connectivity index (χ1) is 8.91. The van der Waals surface area contributed by atoms with Gasteiger partial charge >= 0.3 is 5.97 Å². The predicted octanol–water partition coefficient (Wildman–Crippen LogP) is 2.53. The fourth-order valence-electron chi connectivity index (χ4n) is 2.37. The number of hydrogen-bond donors (Lipinski definition) is 2. The maximum absolute atomic E-state index is 12.3. The first-order valence-electron chi connectivity index (χ1n) is 6.56. The smallest absolute Gasteiger partial charge is 0.336 e. The molecule has 2 rings (SSSR count). The van der Waals surface area contributed by atoms with Gasteiger partial charge in [0.15, 0.2) is 0 Å². The van der Waals surface area contributed by atoms with Gasteiger partial charge in [-0.3, -0.25) is 4.79 Å². The zero-order valence-electron chi connectivity index (χ0n) is 11.5. The Morgan fingerprint density at radius 2 is 1.74 bits per heavy atom. The van der Waals surface area contributed by atoms with Gasteiger partial charge in [0.05, 0.1) is 11.1 Å². The molecule has 0 radical (unpaired) electrons. The summed E-state index contributed by atoms with van der Waals surface area (Å²) in [5.74, 6) is -0.786. The zero-order valence-corrected chi connectivity index (χ0v) is 11.5. The fraction of sp³-hybridized carbons (Fsp3) is 0.467. The molecule has 4 nitrogen and oxygen atoms in total. The Bertz CT molecular complexity index is 532. The van der Waals surface area contributed by atoms with E-state index in [1.54, 1.807) is 26.0 Å². The molecule has 1 unspecified atom stereocenters. The Kier molecular flexibility index (Phi) is 3.60. The van der Waals surface area contributed by atoms with Crippen molar-refractivity contribution in [1.29, 1.82) is 0 Å². The van der Waals surface area contributed by atoms with Gasteiger partial charge in [-0.15, -0.1) is 0 Å². The summed E-state index contributed by atoms with van der Waals surface area (Å²) in [6, 6.07) is 3.63. The topological polar surface area (TPSA) is 66.4 Å². The van der Waals surface area contributed by atoms with Crippen molar-refractivity contribution in [2.75, 3.05) is 0 Å². The quantitative estimate of drug-likeness (QED) is 0.875. The number of hydrogen-bond acceptors (Lipinski definition) is 2. The van der Waals surface area contributed by atoms with Crippen LogP contribution in [0.3, 0.4) is 0 Å². The van der Waals surface area contributed by atoms with Crippen molar-refractivity contribution in [3.63, 3.8) is 0 Å². The molecular formula is C15H19NO3. The molecule has 102 valence electrons. The number of nitrogens with one attached hydrogen (secondary N) is 1. The van der Waals surface area contributed by atoms with Crippen LogP contribution in [0.25, 0.3) is 0 Å². The lowest BCUT2D eigenvalue weighted by Gasteiger charge is -2.16. The van der Waals surface area contributed by atoms with Gasteiger partial charge in [0, 0.05) is 6.04 Å². The molecule has 1 fully saturated rings. The number of carboxylic acid groups (broad SMARTS) is 1. The van der Waals surface area contributed by atoms with E-state index in [-0.39, 0.29) is 17.5 Å². The Labute approximate surface area is 112 Å². The summed E-state index contributed by atoms with van der Waals surface area (Å²) in [4.78, 5) is 23.7. The van der Waals surface area contributed by atoms with E-state index in [0.29, 0.717) is 22.6 Å². The molecule has 1 aliphatic rings. The SMILES string of the molecule is Cc1ccc(C)c(C(=O)NC(C)C2CC2)c1C(=O)O. The summed E-state index contributed by atoms with van der Waals surface area (Å²) in [6.07, 6.45) is 2.28. The molecule has 0 heterocycles. The van der Waals surface area contributed by atoms with E-state index in [0.717, 1.165) is 12.8 Å². The molecule has 0 saturated heterocycles. The standard InChI is InChI=1S/C15H19NO3/c1-8-4-5-9(2)13(15(18)19)12(8)14(17)16-10(3)11-6-7-11/h4-5,10-11H,6-7H2,1-3H3,(H,16,17)(H,18,19).